The molecule has 1 atom stereocenters. The number of aromatic nitrogens is 1. The first kappa shape index (κ1) is 24.2. The third-order valence-electron chi connectivity index (χ3n) is 7.00. The molecule has 0 radical (unpaired) electrons. The van der Waals surface area contributed by atoms with Crippen LogP contribution in [0.4, 0.5) is 0 Å². The van der Waals surface area contributed by atoms with Crippen molar-refractivity contribution in [3.05, 3.63) is 89.7 Å². The van der Waals surface area contributed by atoms with E-state index in [4.69, 9.17) is 9.47 Å². The highest BCUT2D eigenvalue weighted by Crippen LogP contribution is 2.29. The number of likely N-dealkylation sites (N-methyl/N-ethyl adjacent to an activating group) is 1. The Morgan fingerprint density at radius 2 is 1.59 bits per heavy atom. The van der Waals surface area contributed by atoms with Crippen LogP contribution >= 0.6 is 0 Å². The summed E-state index contributed by atoms with van der Waals surface area (Å²) in [5, 5.41) is 0. The minimum absolute atomic E-state index is 0.502. The van der Waals surface area contributed by atoms with Gasteiger partial charge in [-0.1, -0.05) is 36.4 Å². The van der Waals surface area contributed by atoms with Crippen molar-refractivity contribution in [2.45, 2.75) is 38.4 Å². The van der Waals surface area contributed by atoms with Gasteiger partial charge >= 0.3 is 0 Å². The van der Waals surface area contributed by atoms with Crippen LogP contribution in [0.15, 0.2) is 73.1 Å². The van der Waals surface area contributed by atoms with E-state index in [1.54, 1.807) is 14.2 Å². The predicted octanol–water partition coefficient (Wildman–Crippen LogP) is 5.05. The molecule has 0 unspecified atom stereocenters. The maximum atomic E-state index is 5.46. The van der Waals surface area contributed by atoms with Gasteiger partial charge in [-0.25, -0.2) is 0 Å². The molecule has 4 rings (SSSR count). The van der Waals surface area contributed by atoms with Gasteiger partial charge in [-0.05, 0) is 80.2 Å². The summed E-state index contributed by atoms with van der Waals surface area (Å²) in [6, 6.07) is 21.8. The molecule has 2 heterocycles. The zero-order chi connectivity index (χ0) is 23.8. The average Bonchev–Trinajstić information content (AvgIpc) is 2.88. The van der Waals surface area contributed by atoms with Gasteiger partial charge in [0, 0.05) is 37.6 Å². The van der Waals surface area contributed by atoms with E-state index in [-0.39, 0.29) is 0 Å². The number of pyridine rings is 1. The van der Waals surface area contributed by atoms with Crippen LogP contribution in [-0.4, -0.2) is 55.2 Å². The summed E-state index contributed by atoms with van der Waals surface area (Å²) in [5.41, 5.74) is 3.92. The van der Waals surface area contributed by atoms with Crippen molar-refractivity contribution in [1.29, 1.82) is 0 Å². The van der Waals surface area contributed by atoms with Crippen LogP contribution in [0.1, 0.15) is 29.5 Å². The number of hydrogen-bond acceptors (Lipinski definition) is 5. The number of likely N-dealkylation sites (tertiary alicyclic amines) is 1. The van der Waals surface area contributed by atoms with E-state index in [2.05, 4.69) is 70.4 Å². The molecule has 0 aliphatic carbocycles. The van der Waals surface area contributed by atoms with Crippen molar-refractivity contribution in [3.8, 4) is 11.5 Å². The highest BCUT2D eigenvalue weighted by molar-refractivity contribution is 5.38. The summed E-state index contributed by atoms with van der Waals surface area (Å²) in [4.78, 5) is 9.42. The van der Waals surface area contributed by atoms with Gasteiger partial charge in [-0.3, -0.25) is 14.8 Å². The van der Waals surface area contributed by atoms with Gasteiger partial charge in [0.05, 0.1) is 14.2 Å². The van der Waals surface area contributed by atoms with Crippen molar-refractivity contribution >= 4 is 0 Å². The third kappa shape index (κ3) is 6.58. The van der Waals surface area contributed by atoms with Crippen LogP contribution in [0.5, 0.6) is 11.5 Å². The van der Waals surface area contributed by atoms with E-state index in [0.29, 0.717) is 12.0 Å². The Kier molecular flexibility index (Phi) is 8.56. The Morgan fingerprint density at radius 3 is 2.21 bits per heavy atom. The van der Waals surface area contributed by atoms with E-state index in [9.17, 15) is 0 Å². The first-order chi connectivity index (χ1) is 16.6. The van der Waals surface area contributed by atoms with Crippen molar-refractivity contribution in [2.75, 3.05) is 34.4 Å². The Hall–Kier alpha value is -2.89. The van der Waals surface area contributed by atoms with Crippen LogP contribution in [0, 0.1) is 5.92 Å². The molecule has 180 valence electrons. The molecule has 1 aromatic heterocycles. The van der Waals surface area contributed by atoms with E-state index in [1.165, 1.54) is 29.5 Å². The van der Waals surface area contributed by atoms with Crippen LogP contribution in [0.2, 0.25) is 0 Å². The summed E-state index contributed by atoms with van der Waals surface area (Å²) in [7, 11) is 5.69. The first-order valence-electron chi connectivity index (χ1n) is 12.2. The Labute approximate surface area is 204 Å². The number of methoxy groups -OCH3 is 2. The fourth-order valence-electron chi connectivity index (χ4n) is 5.15. The summed E-state index contributed by atoms with van der Waals surface area (Å²) >= 11 is 0. The van der Waals surface area contributed by atoms with Crippen LogP contribution in [0.3, 0.4) is 0 Å². The van der Waals surface area contributed by atoms with E-state index in [0.717, 1.165) is 44.1 Å². The summed E-state index contributed by atoms with van der Waals surface area (Å²) in [5.74, 6) is 2.37. The maximum Gasteiger partial charge on any atom is 0.122 e. The van der Waals surface area contributed by atoms with Gasteiger partial charge in [0.2, 0.25) is 0 Å². The molecule has 1 aliphatic heterocycles. The normalized spacial score (nSPS) is 15.9. The predicted molar refractivity (Wildman–Crippen MR) is 137 cm³/mol. The Bertz CT molecular complexity index is 982. The number of piperidine rings is 1. The third-order valence-corrected chi connectivity index (χ3v) is 7.00. The standard InChI is InChI=1S/C29H37N3O2/c1-31(21-24-10-7-13-30-20-24)29(18-23-8-5-4-6-9-23)26-11-14-32(15-12-26)22-25-16-27(33-2)19-28(17-25)34-3/h4-10,13,16-17,19-20,26,29H,11-12,14-15,18,21-22H2,1-3H3/t29-/m1/s1. The van der Waals surface area contributed by atoms with Gasteiger partial charge in [-0.15, -0.1) is 0 Å². The number of benzene rings is 2. The molecule has 0 bridgehead atoms. The summed E-state index contributed by atoms with van der Waals surface area (Å²) in [6.45, 7) is 4.07. The van der Waals surface area contributed by atoms with Crippen LogP contribution in [0.25, 0.3) is 0 Å². The van der Waals surface area contributed by atoms with Crippen molar-refractivity contribution in [3.63, 3.8) is 0 Å². The molecule has 0 spiro atoms. The lowest BCUT2D eigenvalue weighted by atomic mass is 9.84. The number of rotatable bonds is 10. The highest BCUT2D eigenvalue weighted by atomic mass is 16.5. The number of nitrogens with zero attached hydrogens (tertiary/aromatic N) is 3. The second-order valence-corrected chi connectivity index (χ2v) is 9.37. The second kappa shape index (κ2) is 12.0. The second-order valence-electron chi connectivity index (χ2n) is 9.37. The van der Waals surface area contributed by atoms with Crippen molar-refractivity contribution in [2.24, 2.45) is 5.92 Å². The van der Waals surface area contributed by atoms with Crippen LogP contribution in [-0.2, 0) is 19.5 Å². The molecule has 5 heteroatoms. The lowest BCUT2D eigenvalue weighted by Gasteiger charge is -2.40. The SMILES string of the molecule is COc1cc(CN2CCC([C@@H](Cc3ccccc3)N(C)Cc3cccnc3)CC2)cc(OC)c1. The molecule has 2 aromatic carbocycles. The summed E-state index contributed by atoms with van der Waals surface area (Å²) in [6.07, 6.45) is 7.32. The van der Waals surface area contributed by atoms with Gasteiger partial charge in [0.1, 0.15) is 11.5 Å². The molecule has 1 fully saturated rings. The molecule has 3 aromatic rings. The fraction of sp³-hybridized carbons (Fsp3) is 0.414. The first-order valence-corrected chi connectivity index (χ1v) is 12.2. The number of hydrogen-bond donors (Lipinski definition) is 0. The summed E-state index contributed by atoms with van der Waals surface area (Å²) < 4.78 is 10.9. The van der Waals surface area contributed by atoms with E-state index in [1.807, 2.05) is 24.5 Å². The highest BCUT2D eigenvalue weighted by Gasteiger charge is 2.29. The molecule has 0 saturated carbocycles. The molecule has 1 saturated heterocycles. The van der Waals surface area contributed by atoms with E-state index >= 15 is 0 Å². The smallest absolute Gasteiger partial charge is 0.122 e. The van der Waals surface area contributed by atoms with E-state index < -0.39 is 0 Å². The van der Waals surface area contributed by atoms with Gasteiger partial charge < -0.3 is 9.47 Å². The average molecular weight is 460 g/mol. The minimum atomic E-state index is 0.502. The minimum Gasteiger partial charge on any atom is -0.497 e. The zero-order valence-electron chi connectivity index (χ0n) is 20.7. The lowest BCUT2D eigenvalue weighted by molar-refractivity contribution is 0.0953. The lowest BCUT2D eigenvalue weighted by Crippen LogP contribution is -2.44. The molecule has 5 nitrogen and oxygen atoms in total. The van der Waals surface area contributed by atoms with Crippen LogP contribution < -0.4 is 9.47 Å². The Morgan fingerprint density at radius 1 is 0.912 bits per heavy atom. The molecule has 0 amide bonds. The quantitative estimate of drug-likeness (QED) is 0.424. The molecule has 0 N–H and O–H groups in total. The Balaban J connectivity index is 1.42. The molecule has 34 heavy (non-hydrogen) atoms. The van der Waals surface area contributed by atoms with Gasteiger partial charge in [0.15, 0.2) is 0 Å². The molecular weight excluding hydrogens is 422 g/mol. The monoisotopic (exact) mass is 459 g/mol. The van der Waals surface area contributed by atoms with Crippen molar-refractivity contribution in [1.82, 2.24) is 14.8 Å². The van der Waals surface area contributed by atoms with Gasteiger partial charge in [-0.2, -0.15) is 0 Å². The van der Waals surface area contributed by atoms with Crippen molar-refractivity contribution < 1.29 is 9.47 Å². The topological polar surface area (TPSA) is 37.8 Å². The maximum absolute atomic E-state index is 5.46. The largest absolute Gasteiger partial charge is 0.497 e. The zero-order valence-corrected chi connectivity index (χ0v) is 20.7. The van der Waals surface area contributed by atoms with Gasteiger partial charge in [0.25, 0.3) is 0 Å². The molecule has 1 aliphatic rings. The number of ether oxygens (including phenoxy) is 2. The molecular formula is C29H37N3O2. The fourth-order valence-corrected chi connectivity index (χ4v) is 5.15.